The first-order valence-corrected chi connectivity index (χ1v) is 5.59. The molecule has 19 heavy (non-hydrogen) atoms. The normalized spacial score (nSPS) is 13.1. The lowest BCUT2D eigenvalue weighted by molar-refractivity contribution is -0.136. The number of aliphatic carboxylic acids is 1. The zero-order valence-electron chi connectivity index (χ0n) is 10.6. The molecule has 2 rings (SSSR count). The highest BCUT2D eigenvalue weighted by atomic mass is 16.4. The molecular weight excluding hydrogens is 250 g/mol. The van der Waals surface area contributed by atoms with E-state index in [-0.39, 0.29) is 18.7 Å². The first kappa shape index (κ1) is 13.0. The van der Waals surface area contributed by atoms with E-state index in [2.05, 4.69) is 11.6 Å². The van der Waals surface area contributed by atoms with Gasteiger partial charge in [-0.15, -0.1) is 0 Å². The quantitative estimate of drug-likeness (QED) is 0.813. The summed E-state index contributed by atoms with van der Waals surface area (Å²) < 4.78 is 2.29. The molecule has 0 aromatic carbocycles. The van der Waals surface area contributed by atoms with Crippen molar-refractivity contribution in [1.29, 1.82) is 0 Å². The Morgan fingerprint density at radius 3 is 2.58 bits per heavy atom. The van der Waals surface area contributed by atoms with Gasteiger partial charge in [0.1, 0.15) is 5.82 Å². The van der Waals surface area contributed by atoms with Crippen molar-refractivity contribution in [3.8, 4) is 0 Å². The van der Waals surface area contributed by atoms with Gasteiger partial charge in [-0.25, -0.2) is 9.79 Å². The molecule has 1 aliphatic heterocycles. The third kappa shape index (κ3) is 2.03. The van der Waals surface area contributed by atoms with Gasteiger partial charge in [-0.1, -0.05) is 6.58 Å². The highest BCUT2D eigenvalue weighted by Gasteiger charge is 2.24. The van der Waals surface area contributed by atoms with Gasteiger partial charge in [0, 0.05) is 20.5 Å². The van der Waals surface area contributed by atoms with Gasteiger partial charge < -0.3 is 5.11 Å². The van der Waals surface area contributed by atoms with Gasteiger partial charge in [0.2, 0.25) is 0 Å². The Kier molecular flexibility index (Phi) is 2.97. The van der Waals surface area contributed by atoms with Crippen molar-refractivity contribution in [2.75, 3.05) is 0 Å². The van der Waals surface area contributed by atoms with E-state index in [4.69, 9.17) is 5.11 Å². The van der Waals surface area contributed by atoms with Crippen LogP contribution in [-0.2, 0) is 25.3 Å². The van der Waals surface area contributed by atoms with Crippen LogP contribution in [0.4, 0.5) is 5.82 Å². The van der Waals surface area contributed by atoms with Crippen molar-refractivity contribution in [1.82, 2.24) is 9.13 Å². The molecule has 1 aliphatic rings. The van der Waals surface area contributed by atoms with E-state index in [1.165, 1.54) is 18.7 Å². The minimum Gasteiger partial charge on any atom is -0.481 e. The molecule has 0 aliphatic carbocycles. The van der Waals surface area contributed by atoms with Gasteiger partial charge >= 0.3 is 11.7 Å². The Labute approximate surface area is 108 Å². The number of nitrogens with zero attached hydrogens (tertiary/aromatic N) is 3. The van der Waals surface area contributed by atoms with E-state index < -0.39 is 17.2 Å². The Hall–Kier alpha value is -2.44. The molecule has 0 unspecified atom stereocenters. The molecular formula is C12H13N3O4. The average molecular weight is 263 g/mol. The van der Waals surface area contributed by atoms with Gasteiger partial charge in [-0.3, -0.25) is 18.7 Å². The molecule has 2 heterocycles. The molecule has 0 radical (unpaired) electrons. The molecule has 0 bridgehead atoms. The first-order chi connectivity index (χ1) is 8.82. The summed E-state index contributed by atoms with van der Waals surface area (Å²) in [6.45, 7) is 3.66. The average Bonchev–Trinajstić information content (AvgIpc) is 2.78. The van der Waals surface area contributed by atoms with Crippen LogP contribution in [0.1, 0.15) is 12.0 Å². The van der Waals surface area contributed by atoms with Crippen molar-refractivity contribution in [2.24, 2.45) is 19.1 Å². The standard InChI is InChI=1S/C12H13N3O4/c1-6(4-9(16)17)8-5-7-10(13-8)14(2)12(19)15(3)11(7)18/h1,4-5H2,2-3H3,(H,16,17). The topological polar surface area (TPSA) is 93.7 Å². The smallest absolute Gasteiger partial charge is 0.332 e. The summed E-state index contributed by atoms with van der Waals surface area (Å²) >= 11 is 0. The van der Waals surface area contributed by atoms with E-state index in [1.807, 2.05) is 0 Å². The molecule has 0 atom stereocenters. The van der Waals surface area contributed by atoms with Crippen LogP contribution in [0.3, 0.4) is 0 Å². The van der Waals surface area contributed by atoms with Crippen LogP contribution < -0.4 is 11.2 Å². The van der Waals surface area contributed by atoms with Gasteiger partial charge in [-0.2, -0.15) is 0 Å². The number of hydrogen-bond acceptors (Lipinski definition) is 4. The summed E-state index contributed by atoms with van der Waals surface area (Å²) in [5, 5.41) is 8.72. The summed E-state index contributed by atoms with van der Waals surface area (Å²) in [5.41, 5.74) is 0.317. The number of carboxylic acid groups (broad SMARTS) is 1. The maximum atomic E-state index is 12.0. The van der Waals surface area contributed by atoms with Gasteiger partial charge in [-0.05, 0) is 5.57 Å². The third-order valence-electron chi connectivity index (χ3n) is 3.08. The summed E-state index contributed by atoms with van der Waals surface area (Å²) in [6.07, 6.45) is -0.0245. The lowest BCUT2D eigenvalue weighted by Gasteiger charge is -2.05. The fourth-order valence-corrected chi connectivity index (χ4v) is 2.02. The molecule has 1 aromatic heterocycles. The van der Waals surface area contributed by atoms with Gasteiger partial charge in [0.25, 0.3) is 5.56 Å². The summed E-state index contributed by atoms with van der Waals surface area (Å²) in [5.74, 6) is -0.722. The van der Waals surface area contributed by atoms with Crippen molar-refractivity contribution < 1.29 is 9.90 Å². The van der Waals surface area contributed by atoms with Crippen molar-refractivity contribution in [2.45, 2.75) is 12.8 Å². The summed E-state index contributed by atoms with van der Waals surface area (Å²) in [4.78, 5) is 38.5. The monoisotopic (exact) mass is 263 g/mol. The molecule has 0 saturated carbocycles. The molecule has 1 N–H and O–H groups in total. The number of hydrogen-bond donors (Lipinski definition) is 1. The molecule has 0 saturated heterocycles. The summed E-state index contributed by atoms with van der Waals surface area (Å²) in [7, 11) is 2.92. The van der Waals surface area contributed by atoms with Crippen molar-refractivity contribution in [3.63, 3.8) is 0 Å². The molecule has 0 spiro atoms. The minimum atomic E-state index is -1.01. The molecule has 7 heteroatoms. The van der Waals surface area contributed by atoms with Crippen LogP contribution >= 0.6 is 0 Å². The van der Waals surface area contributed by atoms with Crippen LogP contribution in [-0.4, -0.2) is 25.9 Å². The van der Waals surface area contributed by atoms with Crippen molar-refractivity contribution in [3.05, 3.63) is 38.6 Å². The number of rotatable bonds is 3. The number of carboxylic acids is 1. The van der Waals surface area contributed by atoms with Crippen molar-refractivity contribution >= 4 is 17.5 Å². The Morgan fingerprint density at radius 1 is 1.37 bits per heavy atom. The predicted octanol–water partition coefficient (Wildman–Crippen LogP) is -0.256. The third-order valence-corrected chi connectivity index (χ3v) is 3.08. The molecule has 0 amide bonds. The van der Waals surface area contributed by atoms with Gasteiger partial charge in [0.15, 0.2) is 0 Å². The van der Waals surface area contributed by atoms with Gasteiger partial charge in [0.05, 0.1) is 17.7 Å². The molecule has 100 valence electrons. The SMILES string of the molecule is C=C(CC(=O)O)C1=Nc2c(c(=O)n(C)c(=O)n2C)C1. The lowest BCUT2D eigenvalue weighted by atomic mass is 10.1. The van der Waals surface area contributed by atoms with Crippen LogP contribution in [0.25, 0.3) is 0 Å². The lowest BCUT2D eigenvalue weighted by Crippen LogP contribution is -2.38. The molecule has 1 aromatic rings. The zero-order valence-corrected chi connectivity index (χ0v) is 10.6. The van der Waals surface area contributed by atoms with Crippen LogP contribution in [0.5, 0.6) is 0 Å². The maximum Gasteiger partial charge on any atom is 0.332 e. The Balaban J connectivity index is 2.51. The largest absolute Gasteiger partial charge is 0.481 e. The Bertz CT molecular complexity index is 737. The second kappa shape index (κ2) is 4.34. The van der Waals surface area contributed by atoms with Crippen LogP contribution in [0, 0.1) is 0 Å². The fraction of sp³-hybridized carbons (Fsp3) is 0.333. The van der Waals surface area contributed by atoms with E-state index >= 15 is 0 Å². The fourth-order valence-electron chi connectivity index (χ4n) is 2.02. The van der Waals surface area contributed by atoms with E-state index in [0.717, 1.165) is 4.57 Å². The van der Waals surface area contributed by atoms with Crippen LogP contribution in [0.2, 0.25) is 0 Å². The number of aromatic nitrogens is 2. The predicted molar refractivity (Wildman–Crippen MR) is 69.1 cm³/mol. The first-order valence-electron chi connectivity index (χ1n) is 5.59. The van der Waals surface area contributed by atoms with Crippen LogP contribution in [0.15, 0.2) is 26.7 Å². The number of aliphatic imine (C=N–C) groups is 1. The molecule has 0 fully saturated rings. The highest BCUT2D eigenvalue weighted by Crippen LogP contribution is 2.24. The second-order valence-corrected chi connectivity index (χ2v) is 4.42. The minimum absolute atomic E-state index is 0.211. The number of fused-ring (bicyclic) bond motifs is 1. The van der Waals surface area contributed by atoms with E-state index in [0.29, 0.717) is 16.8 Å². The van der Waals surface area contributed by atoms with E-state index in [1.54, 1.807) is 0 Å². The maximum absolute atomic E-state index is 12.0. The number of carbonyl (C=O) groups is 1. The second-order valence-electron chi connectivity index (χ2n) is 4.42. The van der Waals surface area contributed by atoms with E-state index in [9.17, 15) is 14.4 Å². The zero-order chi connectivity index (χ0) is 14.3. The highest BCUT2D eigenvalue weighted by molar-refractivity contribution is 6.07. The Morgan fingerprint density at radius 2 is 2.00 bits per heavy atom. The summed E-state index contributed by atoms with van der Waals surface area (Å²) in [6, 6.07) is 0. The molecule has 7 nitrogen and oxygen atoms in total.